The van der Waals surface area contributed by atoms with Gasteiger partial charge in [0.15, 0.2) is 12.1 Å². The van der Waals surface area contributed by atoms with Crippen molar-refractivity contribution in [2.24, 2.45) is 0 Å². The van der Waals surface area contributed by atoms with Crippen molar-refractivity contribution < 1.29 is 15.1 Å². The van der Waals surface area contributed by atoms with Gasteiger partial charge in [0.1, 0.15) is 0 Å². The molecule has 0 atom stereocenters. The van der Waals surface area contributed by atoms with Crippen molar-refractivity contribution in [3.63, 3.8) is 0 Å². The van der Waals surface area contributed by atoms with E-state index in [0.29, 0.717) is 6.29 Å². The zero-order valence-electron chi connectivity index (χ0n) is 9.91. The fraction of sp³-hybridized carbons (Fsp3) is 0.385. The van der Waals surface area contributed by atoms with Gasteiger partial charge in [0.25, 0.3) is 0 Å². The molecule has 3 nitrogen and oxygen atoms in total. The van der Waals surface area contributed by atoms with Crippen LogP contribution in [0.25, 0.3) is 0 Å². The molecule has 0 unspecified atom stereocenters. The van der Waals surface area contributed by atoms with E-state index in [-0.39, 0.29) is 23.1 Å². The summed E-state index contributed by atoms with van der Waals surface area (Å²) < 4.78 is 0. The Hall–Kier alpha value is -1.48. The van der Waals surface area contributed by atoms with Gasteiger partial charge in [-0.3, -0.25) is 9.59 Å². The third kappa shape index (κ3) is 3.95. The number of hydrogen-bond acceptors (Lipinski definition) is 2. The first-order valence-corrected chi connectivity index (χ1v) is 5.01. The van der Waals surface area contributed by atoms with Gasteiger partial charge in [0.05, 0.1) is 0 Å². The molecule has 0 spiro atoms. The molecule has 0 aliphatic rings. The molecule has 0 saturated carbocycles. The van der Waals surface area contributed by atoms with Crippen LogP contribution in [0.5, 0.6) is 0 Å². The van der Waals surface area contributed by atoms with Gasteiger partial charge in [0.2, 0.25) is 0 Å². The first-order chi connectivity index (χ1) is 6.93. The maximum absolute atomic E-state index is 10.9. The topological polar surface area (TPSA) is 65.6 Å². The number of rotatable bonds is 3. The molecule has 16 heavy (non-hydrogen) atoms. The van der Waals surface area contributed by atoms with Gasteiger partial charge in [0, 0.05) is 6.42 Å². The van der Waals surface area contributed by atoms with Crippen molar-refractivity contribution in [3.05, 3.63) is 35.4 Å². The van der Waals surface area contributed by atoms with E-state index >= 15 is 0 Å². The largest absolute Gasteiger partial charge is 0.412 e. The molecule has 0 aliphatic carbocycles. The van der Waals surface area contributed by atoms with E-state index in [4.69, 9.17) is 0 Å². The summed E-state index contributed by atoms with van der Waals surface area (Å²) in [6.07, 6.45) is 0.575. The molecule has 0 heterocycles. The Morgan fingerprint density at radius 3 is 2.06 bits per heavy atom. The lowest BCUT2D eigenvalue weighted by Gasteiger charge is -2.18. The molecule has 88 valence electrons. The number of aldehydes is 1. The van der Waals surface area contributed by atoms with E-state index in [9.17, 15) is 9.59 Å². The molecule has 0 radical (unpaired) electrons. The predicted octanol–water partition coefficient (Wildman–Crippen LogP) is 1.47. The number of benzene rings is 1. The van der Waals surface area contributed by atoms with Gasteiger partial charge in [-0.1, -0.05) is 45.0 Å². The highest BCUT2D eigenvalue weighted by Crippen LogP contribution is 2.22. The number of ketones is 1. The van der Waals surface area contributed by atoms with Crippen molar-refractivity contribution >= 4 is 12.1 Å². The third-order valence-electron chi connectivity index (χ3n) is 2.33. The van der Waals surface area contributed by atoms with Gasteiger partial charge in [-0.2, -0.15) is 0 Å². The summed E-state index contributed by atoms with van der Waals surface area (Å²) in [5.41, 5.74) is 2.23. The van der Waals surface area contributed by atoms with E-state index in [1.54, 1.807) is 0 Å². The minimum Gasteiger partial charge on any atom is -0.412 e. The second-order valence-corrected chi connectivity index (χ2v) is 4.71. The summed E-state index contributed by atoms with van der Waals surface area (Å²) in [6, 6.07) is 7.82. The summed E-state index contributed by atoms with van der Waals surface area (Å²) in [4.78, 5) is 21.1. The highest BCUT2D eigenvalue weighted by Gasteiger charge is 2.13. The zero-order chi connectivity index (χ0) is 11.5. The minimum atomic E-state index is -0.376. The lowest BCUT2D eigenvalue weighted by molar-refractivity contribution is -0.129. The van der Waals surface area contributed by atoms with Crippen LogP contribution >= 0.6 is 0 Å². The Balaban J connectivity index is 0.00000225. The van der Waals surface area contributed by atoms with Gasteiger partial charge in [-0.25, -0.2) is 0 Å². The van der Waals surface area contributed by atoms with Crippen LogP contribution in [0, 0.1) is 0 Å². The molecule has 1 rings (SSSR count). The molecule has 0 aliphatic heterocycles. The SMILES string of the molecule is CC(C)(C)c1ccc(CC(=O)C=O)cc1.O. The number of carbonyl (C=O) groups is 2. The summed E-state index contributed by atoms with van der Waals surface area (Å²) in [6.45, 7) is 6.41. The van der Waals surface area contributed by atoms with Gasteiger partial charge >= 0.3 is 0 Å². The smallest absolute Gasteiger partial charge is 0.199 e. The standard InChI is InChI=1S/C13H16O2.H2O/c1-13(2,3)11-6-4-10(5-7-11)8-12(15)9-14;/h4-7,9H,8H2,1-3H3;1H2. The first-order valence-electron chi connectivity index (χ1n) is 5.01. The summed E-state index contributed by atoms with van der Waals surface area (Å²) in [5, 5.41) is 0. The fourth-order valence-electron chi connectivity index (χ4n) is 1.37. The molecule has 0 saturated heterocycles. The molecular formula is C13H18O3. The molecule has 1 aromatic carbocycles. The van der Waals surface area contributed by atoms with Crippen LogP contribution in [-0.2, 0) is 21.4 Å². The van der Waals surface area contributed by atoms with Crippen LogP contribution < -0.4 is 0 Å². The van der Waals surface area contributed by atoms with Gasteiger partial charge in [-0.05, 0) is 16.5 Å². The maximum atomic E-state index is 10.9. The van der Waals surface area contributed by atoms with E-state index in [2.05, 4.69) is 20.8 Å². The van der Waals surface area contributed by atoms with Crippen molar-refractivity contribution in [1.82, 2.24) is 0 Å². The average Bonchev–Trinajstić information content (AvgIpc) is 2.17. The van der Waals surface area contributed by atoms with Crippen LogP contribution in [0.2, 0.25) is 0 Å². The highest BCUT2D eigenvalue weighted by molar-refractivity contribution is 6.25. The Bertz CT molecular complexity index is 358. The molecule has 3 heteroatoms. The molecule has 0 aromatic heterocycles. The maximum Gasteiger partial charge on any atom is 0.199 e. The van der Waals surface area contributed by atoms with Crippen LogP contribution in [0.3, 0.4) is 0 Å². The molecule has 1 aromatic rings. The van der Waals surface area contributed by atoms with Crippen molar-refractivity contribution in [2.45, 2.75) is 32.6 Å². The Morgan fingerprint density at radius 1 is 1.19 bits per heavy atom. The van der Waals surface area contributed by atoms with Crippen molar-refractivity contribution in [2.75, 3.05) is 0 Å². The number of carbonyl (C=O) groups excluding carboxylic acids is 2. The highest BCUT2D eigenvalue weighted by atomic mass is 16.2. The van der Waals surface area contributed by atoms with E-state index in [1.807, 2.05) is 24.3 Å². The molecular weight excluding hydrogens is 204 g/mol. The lowest BCUT2D eigenvalue weighted by atomic mass is 9.86. The zero-order valence-corrected chi connectivity index (χ0v) is 9.91. The van der Waals surface area contributed by atoms with Crippen molar-refractivity contribution in [3.8, 4) is 0 Å². The number of hydrogen-bond donors (Lipinski definition) is 0. The van der Waals surface area contributed by atoms with Crippen LogP contribution in [0.15, 0.2) is 24.3 Å². The Morgan fingerprint density at radius 2 is 1.69 bits per heavy atom. The first kappa shape index (κ1) is 14.5. The number of Topliss-reactive ketones (excluding diaryl/α,β-unsaturated/α-hetero) is 1. The minimum absolute atomic E-state index is 0. The van der Waals surface area contributed by atoms with Gasteiger partial charge in [-0.15, -0.1) is 0 Å². The Kier molecular flexibility index (Phi) is 5.05. The van der Waals surface area contributed by atoms with Crippen LogP contribution in [0.4, 0.5) is 0 Å². The van der Waals surface area contributed by atoms with E-state index < -0.39 is 0 Å². The third-order valence-corrected chi connectivity index (χ3v) is 2.33. The van der Waals surface area contributed by atoms with Crippen molar-refractivity contribution in [1.29, 1.82) is 0 Å². The van der Waals surface area contributed by atoms with Crippen LogP contribution in [0.1, 0.15) is 31.9 Å². The molecule has 0 amide bonds. The average molecular weight is 222 g/mol. The molecule has 2 N–H and O–H groups in total. The molecule has 0 fully saturated rings. The van der Waals surface area contributed by atoms with E-state index in [0.717, 1.165) is 5.56 Å². The second-order valence-electron chi connectivity index (χ2n) is 4.71. The lowest BCUT2D eigenvalue weighted by Crippen LogP contribution is -2.11. The normalized spacial score (nSPS) is 10.4. The monoisotopic (exact) mass is 222 g/mol. The van der Waals surface area contributed by atoms with E-state index in [1.165, 1.54) is 5.56 Å². The van der Waals surface area contributed by atoms with Crippen LogP contribution in [-0.4, -0.2) is 17.5 Å². The fourth-order valence-corrected chi connectivity index (χ4v) is 1.37. The predicted molar refractivity (Wildman–Crippen MR) is 63.5 cm³/mol. The van der Waals surface area contributed by atoms with Gasteiger partial charge < -0.3 is 5.48 Å². The summed E-state index contributed by atoms with van der Waals surface area (Å²) >= 11 is 0. The second kappa shape index (κ2) is 5.56. The summed E-state index contributed by atoms with van der Waals surface area (Å²) in [7, 11) is 0. The Labute approximate surface area is 95.8 Å². The summed E-state index contributed by atoms with van der Waals surface area (Å²) in [5.74, 6) is -0.376. The molecule has 0 bridgehead atoms. The quantitative estimate of drug-likeness (QED) is 0.574.